The first-order chi connectivity index (χ1) is 9.42. The van der Waals surface area contributed by atoms with Gasteiger partial charge in [0.2, 0.25) is 11.8 Å². The number of nitrogens with zero attached hydrogens (tertiary/aromatic N) is 1. The van der Waals surface area contributed by atoms with Gasteiger partial charge in [0.25, 0.3) is 0 Å². The molecule has 3 unspecified atom stereocenters. The van der Waals surface area contributed by atoms with E-state index in [0.717, 1.165) is 0 Å². The SMILES string of the molecule is C=CC(C)C(NC(=O)C1CCCN1C(=O)CN)C(=O)O. The molecule has 1 heterocycles. The number of aliphatic carboxylic acids is 1. The van der Waals surface area contributed by atoms with Crippen molar-refractivity contribution < 1.29 is 19.5 Å². The average molecular weight is 283 g/mol. The van der Waals surface area contributed by atoms with Gasteiger partial charge in [0, 0.05) is 12.5 Å². The number of hydrogen-bond acceptors (Lipinski definition) is 4. The standard InChI is InChI=1S/C13H21N3O4/c1-3-8(2)11(13(19)20)15-12(18)9-5-4-6-16(9)10(17)7-14/h3,8-9,11H,1,4-7,14H2,2H3,(H,15,18)(H,19,20). The van der Waals surface area contributed by atoms with Crippen LogP contribution in [-0.2, 0) is 14.4 Å². The lowest BCUT2D eigenvalue weighted by Crippen LogP contribution is -2.53. The Balaban J connectivity index is 2.75. The molecule has 1 saturated heterocycles. The Bertz CT molecular complexity index is 410. The second kappa shape index (κ2) is 7.04. The molecule has 112 valence electrons. The normalized spacial score (nSPS) is 21.1. The minimum Gasteiger partial charge on any atom is -0.480 e. The van der Waals surface area contributed by atoms with Crippen molar-refractivity contribution in [1.29, 1.82) is 0 Å². The lowest BCUT2D eigenvalue weighted by molar-refractivity contribution is -0.144. The van der Waals surface area contributed by atoms with Crippen LogP contribution in [0.1, 0.15) is 19.8 Å². The number of carbonyl (C=O) groups is 3. The van der Waals surface area contributed by atoms with Gasteiger partial charge in [-0.25, -0.2) is 4.79 Å². The van der Waals surface area contributed by atoms with Crippen LogP contribution < -0.4 is 11.1 Å². The number of carboxylic acids is 1. The highest BCUT2D eigenvalue weighted by molar-refractivity contribution is 5.91. The topological polar surface area (TPSA) is 113 Å². The number of rotatable bonds is 6. The molecule has 0 aromatic heterocycles. The number of hydrogen-bond donors (Lipinski definition) is 3. The van der Waals surface area contributed by atoms with E-state index in [9.17, 15) is 14.4 Å². The fraction of sp³-hybridized carbons (Fsp3) is 0.615. The van der Waals surface area contributed by atoms with Gasteiger partial charge in [-0.15, -0.1) is 6.58 Å². The van der Waals surface area contributed by atoms with Crippen molar-refractivity contribution in [2.24, 2.45) is 11.7 Å². The molecule has 1 aliphatic heterocycles. The maximum absolute atomic E-state index is 12.2. The van der Waals surface area contributed by atoms with E-state index in [1.54, 1.807) is 6.92 Å². The van der Waals surface area contributed by atoms with Gasteiger partial charge in [0.15, 0.2) is 0 Å². The zero-order chi connectivity index (χ0) is 15.3. The average Bonchev–Trinajstić information content (AvgIpc) is 2.91. The summed E-state index contributed by atoms with van der Waals surface area (Å²) in [6.45, 7) is 5.50. The van der Waals surface area contributed by atoms with Crippen molar-refractivity contribution in [2.75, 3.05) is 13.1 Å². The third kappa shape index (κ3) is 3.57. The summed E-state index contributed by atoms with van der Waals surface area (Å²) in [5.74, 6) is -2.28. The van der Waals surface area contributed by atoms with Crippen LogP contribution in [0.2, 0.25) is 0 Å². The van der Waals surface area contributed by atoms with Gasteiger partial charge in [0.1, 0.15) is 12.1 Å². The van der Waals surface area contributed by atoms with Crippen LogP contribution in [0.3, 0.4) is 0 Å². The quantitative estimate of drug-likeness (QED) is 0.559. The van der Waals surface area contributed by atoms with Crippen LogP contribution in [0.5, 0.6) is 0 Å². The Labute approximate surface area is 117 Å². The number of nitrogens with two attached hydrogens (primary N) is 1. The molecule has 0 aromatic carbocycles. The van der Waals surface area contributed by atoms with Crippen molar-refractivity contribution in [3.63, 3.8) is 0 Å². The van der Waals surface area contributed by atoms with E-state index in [2.05, 4.69) is 11.9 Å². The predicted molar refractivity (Wildman–Crippen MR) is 72.7 cm³/mol. The molecule has 20 heavy (non-hydrogen) atoms. The fourth-order valence-corrected chi connectivity index (χ4v) is 2.26. The van der Waals surface area contributed by atoms with Crippen LogP contribution in [0, 0.1) is 5.92 Å². The third-order valence-electron chi connectivity index (χ3n) is 3.51. The Kier molecular flexibility index (Phi) is 5.69. The molecular formula is C13H21N3O4. The molecule has 1 fully saturated rings. The third-order valence-corrected chi connectivity index (χ3v) is 3.51. The zero-order valence-electron chi connectivity index (χ0n) is 11.5. The summed E-state index contributed by atoms with van der Waals surface area (Å²) in [7, 11) is 0. The lowest BCUT2D eigenvalue weighted by atomic mass is 10.0. The smallest absolute Gasteiger partial charge is 0.326 e. The maximum Gasteiger partial charge on any atom is 0.326 e. The second-order valence-corrected chi connectivity index (χ2v) is 4.87. The highest BCUT2D eigenvalue weighted by Crippen LogP contribution is 2.18. The molecule has 0 bridgehead atoms. The first-order valence-electron chi connectivity index (χ1n) is 6.57. The molecule has 7 nitrogen and oxygen atoms in total. The highest BCUT2D eigenvalue weighted by Gasteiger charge is 2.36. The second-order valence-electron chi connectivity index (χ2n) is 4.87. The largest absolute Gasteiger partial charge is 0.480 e. The molecule has 4 N–H and O–H groups in total. The van der Waals surface area contributed by atoms with Crippen molar-refractivity contribution in [3.8, 4) is 0 Å². The zero-order valence-corrected chi connectivity index (χ0v) is 11.5. The number of carbonyl (C=O) groups excluding carboxylic acids is 2. The Morgan fingerprint density at radius 2 is 2.20 bits per heavy atom. The Morgan fingerprint density at radius 3 is 2.70 bits per heavy atom. The van der Waals surface area contributed by atoms with Crippen LogP contribution in [0.15, 0.2) is 12.7 Å². The van der Waals surface area contributed by atoms with Gasteiger partial charge in [-0.1, -0.05) is 13.0 Å². The molecule has 0 spiro atoms. The van der Waals surface area contributed by atoms with Crippen LogP contribution in [-0.4, -0.2) is 53.0 Å². The maximum atomic E-state index is 12.2. The van der Waals surface area contributed by atoms with E-state index in [1.807, 2.05) is 0 Å². The molecule has 3 atom stereocenters. The summed E-state index contributed by atoms with van der Waals surface area (Å²) >= 11 is 0. The summed E-state index contributed by atoms with van der Waals surface area (Å²) in [4.78, 5) is 36.4. The summed E-state index contributed by atoms with van der Waals surface area (Å²) in [5, 5.41) is 11.6. The summed E-state index contributed by atoms with van der Waals surface area (Å²) in [6.07, 6.45) is 2.70. The van der Waals surface area contributed by atoms with Gasteiger partial charge in [-0.3, -0.25) is 9.59 Å². The van der Waals surface area contributed by atoms with E-state index in [0.29, 0.717) is 19.4 Å². The predicted octanol–water partition coefficient (Wildman–Crippen LogP) is -0.672. The molecule has 0 radical (unpaired) electrons. The number of amides is 2. The van der Waals surface area contributed by atoms with E-state index in [4.69, 9.17) is 10.8 Å². The van der Waals surface area contributed by atoms with Crippen LogP contribution in [0.25, 0.3) is 0 Å². The number of nitrogens with one attached hydrogen (secondary N) is 1. The molecule has 0 aromatic rings. The van der Waals surface area contributed by atoms with Crippen molar-refractivity contribution in [3.05, 3.63) is 12.7 Å². The molecule has 7 heteroatoms. The van der Waals surface area contributed by atoms with Gasteiger partial charge < -0.3 is 21.1 Å². The monoisotopic (exact) mass is 283 g/mol. The van der Waals surface area contributed by atoms with Gasteiger partial charge in [-0.05, 0) is 12.8 Å². The van der Waals surface area contributed by atoms with Crippen molar-refractivity contribution >= 4 is 17.8 Å². The first-order valence-corrected chi connectivity index (χ1v) is 6.57. The van der Waals surface area contributed by atoms with E-state index >= 15 is 0 Å². The minimum absolute atomic E-state index is 0.158. The van der Waals surface area contributed by atoms with Gasteiger partial charge in [0.05, 0.1) is 6.54 Å². The van der Waals surface area contributed by atoms with E-state index < -0.39 is 29.9 Å². The van der Waals surface area contributed by atoms with Crippen LogP contribution in [0.4, 0.5) is 0 Å². The fourth-order valence-electron chi connectivity index (χ4n) is 2.26. The molecule has 0 aliphatic carbocycles. The van der Waals surface area contributed by atoms with Gasteiger partial charge >= 0.3 is 5.97 Å². The molecule has 2 amide bonds. The lowest BCUT2D eigenvalue weighted by Gasteiger charge is -2.26. The summed E-state index contributed by atoms with van der Waals surface area (Å²) in [5.41, 5.74) is 5.30. The molecular weight excluding hydrogens is 262 g/mol. The molecule has 1 rings (SSSR count). The van der Waals surface area contributed by atoms with Crippen molar-refractivity contribution in [1.82, 2.24) is 10.2 Å². The van der Waals surface area contributed by atoms with E-state index in [-0.39, 0.29) is 12.5 Å². The van der Waals surface area contributed by atoms with E-state index in [1.165, 1.54) is 11.0 Å². The molecule has 1 aliphatic rings. The Hall–Kier alpha value is -1.89. The first kappa shape index (κ1) is 16.2. The van der Waals surface area contributed by atoms with Gasteiger partial charge in [-0.2, -0.15) is 0 Å². The molecule has 0 saturated carbocycles. The summed E-state index contributed by atoms with van der Waals surface area (Å²) in [6, 6.07) is -1.68. The minimum atomic E-state index is -1.12. The number of likely N-dealkylation sites (tertiary alicyclic amines) is 1. The highest BCUT2D eigenvalue weighted by atomic mass is 16.4. The van der Waals surface area contributed by atoms with Crippen LogP contribution >= 0.6 is 0 Å². The number of carboxylic acid groups (broad SMARTS) is 1. The van der Waals surface area contributed by atoms with Crippen molar-refractivity contribution in [2.45, 2.75) is 31.8 Å². The Morgan fingerprint density at radius 1 is 1.55 bits per heavy atom. The summed E-state index contributed by atoms with van der Waals surface area (Å²) < 4.78 is 0.